The largest absolute Gasteiger partial charge is 0.508 e. The summed E-state index contributed by atoms with van der Waals surface area (Å²) in [6.45, 7) is 6.79. The topological polar surface area (TPSA) is 44.9 Å². The van der Waals surface area contributed by atoms with Crippen molar-refractivity contribution in [3.8, 4) is 11.5 Å². The number of rotatable bonds is 0. The summed E-state index contributed by atoms with van der Waals surface area (Å²) in [5.41, 5.74) is 4.74. The van der Waals surface area contributed by atoms with Crippen LogP contribution in [-0.2, 0) is 5.41 Å². The molecule has 0 saturated carbocycles. The number of aromatic hydroxyl groups is 2. The van der Waals surface area contributed by atoms with Crippen molar-refractivity contribution in [3.63, 3.8) is 0 Å². The molecule has 4 heteroatoms. The molecule has 2 N–H and O–H groups in total. The van der Waals surface area contributed by atoms with Crippen LogP contribution < -0.4 is 0 Å². The molecule has 0 unspecified atom stereocenters. The second-order valence-corrected chi connectivity index (χ2v) is 12.1. The van der Waals surface area contributed by atoms with Gasteiger partial charge in [0.25, 0.3) is 0 Å². The molecule has 0 aliphatic rings. The molecule has 8 aromatic rings. The van der Waals surface area contributed by atoms with Gasteiger partial charge in [-0.25, -0.2) is 0 Å². The van der Waals surface area contributed by atoms with E-state index in [1.807, 2.05) is 24.3 Å². The molecule has 0 radical (unpaired) electrons. The van der Waals surface area contributed by atoms with Gasteiger partial charge in [0.1, 0.15) is 11.5 Å². The molecule has 0 fully saturated rings. The SMILES string of the molecule is CC(C)(C)c1cc2c3ccc(O)cc3n3c4cc5cc6sc7cc(O)ccc7c6cc5cc4c(c1)c23. The Labute approximate surface area is 210 Å². The molecule has 0 amide bonds. The number of aromatic nitrogens is 1. The van der Waals surface area contributed by atoms with E-state index in [1.54, 1.807) is 23.5 Å². The predicted molar refractivity (Wildman–Crippen MR) is 154 cm³/mol. The minimum absolute atomic E-state index is 0.0168. The lowest BCUT2D eigenvalue weighted by Crippen LogP contribution is -2.10. The van der Waals surface area contributed by atoms with Gasteiger partial charge in [-0.3, -0.25) is 0 Å². The summed E-state index contributed by atoms with van der Waals surface area (Å²) >= 11 is 1.72. The Morgan fingerprint density at radius 3 is 1.97 bits per heavy atom. The maximum Gasteiger partial charge on any atom is 0.117 e. The van der Waals surface area contributed by atoms with Gasteiger partial charge in [0.2, 0.25) is 0 Å². The number of thiophene rings is 1. The highest BCUT2D eigenvalue weighted by Crippen LogP contribution is 2.44. The third-order valence-electron chi connectivity index (χ3n) is 7.77. The fraction of sp³-hybridized carbons (Fsp3) is 0.125. The van der Waals surface area contributed by atoms with E-state index in [4.69, 9.17) is 0 Å². The summed E-state index contributed by atoms with van der Waals surface area (Å²) in [5.74, 6) is 0.583. The molecule has 0 aliphatic carbocycles. The number of phenolic OH excluding ortho intramolecular Hbond substituents is 2. The lowest BCUT2D eigenvalue weighted by atomic mass is 9.85. The summed E-state index contributed by atoms with van der Waals surface area (Å²) in [6, 6.07) is 25.2. The van der Waals surface area contributed by atoms with Gasteiger partial charge in [0, 0.05) is 47.8 Å². The van der Waals surface area contributed by atoms with Crippen LogP contribution >= 0.6 is 11.3 Å². The Morgan fingerprint density at radius 1 is 0.583 bits per heavy atom. The molecule has 0 saturated heterocycles. The molecular formula is C32H23NO2S. The van der Waals surface area contributed by atoms with E-state index in [-0.39, 0.29) is 11.2 Å². The Kier molecular flexibility index (Phi) is 3.59. The first kappa shape index (κ1) is 20.2. The van der Waals surface area contributed by atoms with Gasteiger partial charge in [0.05, 0.1) is 16.6 Å². The zero-order valence-electron chi connectivity index (χ0n) is 20.2. The molecule has 0 aliphatic heterocycles. The Morgan fingerprint density at radius 2 is 1.19 bits per heavy atom. The number of hydrogen-bond donors (Lipinski definition) is 2. The third kappa shape index (κ3) is 2.52. The van der Waals surface area contributed by atoms with E-state index in [9.17, 15) is 10.2 Å². The minimum atomic E-state index is 0.0168. The lowest BCUT2D eigenvalue weighted by Gasteiger charge is -2.19. The number of hydrogen-bond acceptors (Lipinski definition) is 3. The monoisotopic (exact) mass is 485 g/mol. The van der Waals surface area contributed by atoms with E-state index < -0.39 is 0 Å². The van der Waals surface area contributed by atoms with Crippen LogP contribution in [0.4, 0.5) is 0 Å². The van der Waals surface area contributed by atoms with E-state index >= 15 is 0 Å². The minimum Gasteiger partial charge on any atom is -0.508 e. The number of fused-ring (bicyclic) bond motifs is 10. The lowest BCUT2D eigenvalue weighted by molar-refractivity contribution is 0.475. The normalized spacial score (nSPS) is 13.1. The van der Waals surface area contributed by atoms with Crippen molar-refractivity contribution in [3.05, 3.63) is 78.4 Å². The van der Waals surface area contributed by atoms with Crippen LogP contribution in [0.2, 0.25) is 0 Å². The Hall–Kier alpha value is -4.02. The smallest absolute Gasteiger partial charge is 0.117 e. The fourth-order valence-corrected chi connectivity index (χ4v) is 7.14. The molecular weight excluding hydrogens is 462 g/mol. The highest BCUT2D eigenvalue weighted by atomic mass is 32.1. The maximum atomic E-state index is 10.4. The van der Waals surface area contributed by atoms with Crippen molar-refractivity contribution in [2.75, 3.05) is 0 Å². The second-order valence-electron chi connectivity index (χ2n) is 11.1. The summed E-state index contributed by atoms with van der Waals surface area (Å²) < 4.78 is 4.64. The zero-order chi connectivity index (χ0) is 24.5. The van der Waals surface area contributed by atoms with Crippen LogP contribution in [0.15, 0.2) is 72.8 Å². The van der Waals surface area contributed by atoms with Crippen molar-refractivity contribution in [2.24, 2.45) is 0 Å². The summed E-state index contributed by atoms with van der Waals surface area (Å²) in [6.07, 6.45) is 0. The predicted octanol–water partition coefficient (Wildman–Crippen LogP) is 9.07. The second kappa shape index (κ2) is 6.40. The van der Waals surface area contributed by atoms with Crippen LogP contribution in [0.1, 0.15) is 26.3 Å². The number of nitrogens with zero attached hydrogens (tertiary/aromatic N) is 1. The van der Waals surface area contributed by atoms with Crippen molar-refractivity contribution in [1.29, 1.82) is 0 Å². The standard InChI is InChI=1S/C32H23NO2S/c1-32(2,3)18-12-25-21-6-4-19(34)14-28(21)33-27-10-17-11-29-24(22-7-5-20(35)15-30(22)36-29)9-16(17)8-23(27)26(13-18)31(25)33/h4-15,34-35H,1-3H3. The number of phenols is 2. The molecule has 5 aromatic carbocycles. The molecule has 3 aromatic heterocycles. The van der Waals surface area contributed by atoms with Gasteiger partial charge in [-0.05, 0) is 88.5 Å². The van der Waals surface area contributed by atoms with Gasteiger partial charge < -0.3 is 14.6 Å². The van der Waals surface area contributed by atoms with Gasteiger partial charge in [-0.2, -0.15) is 0 Å². The van der Waals surface area contributed by atoms with Crippen LogP contribution in [0, 0.1) is 0 Å². The van der Waals surface area contributed by atoms with Gasteiger partial charge >= 0.3 is 0 Å². The molecule has 0 bridgehead atoms. The molecule has 36 heavy (non-hydrogen) atoms. The Balaban J connectivity index is 1.58. The van der Waals surface area contributed by atoms with E-state index in [0.29, 0.717) is 5.75 Å². The van der Waals surface area contributed by atoms with Gasteiger partial charge in [-0.15, -0.1) is 11.3 Å². The molecule has 174 valence electrons. The summed E-state index contributed by atoms with van der Waals surface area (Å²) in [7, 11) is 0. The first-order chi connectivity index (χ1) is 17.3. The van der Waals surface area contributed by atoms with Crippen LogP contribution in [0.5, 0.6) is 11.5 Å². The summed E-state index contributed by atoms with van der Waals surface area (Å²) in [4.78, 5) is 0. The maximum absolute atomic E-state index is 10.4. The molecule has 3 nitrogen and oxygen atoms in total. The zero-order valence-corrected chi connectivity index (χ0v) is 21.0. The van der Waals surface area contributed by atoms with Crippen molar-refractivity contribution in [1.82, 2.24) is 4.40 Å². The third-order valence-corrected chi connectivity index (χ3v) is 8.89. The molecule has 3 heterocycles. The average Bonchev–Trinajstić information content (AvgIpc) is 3.45. The molecule has 0 atom stereocenters. The highest BCUT2D eigenvalue weighted by molar-refractivity contribution is 7.25. The Bertz CT molecular complexity index is 2210. The van der Waals surface area contributed by atoms with Crippen molar-refractivity contribution in [2.45, 2.75) is 26.2 Å². The molecule has 0 spiro atoms. The van der Waals surface area contributed by atoms with E-state index in [2.05, 4.69) is 61.6 Å². The van der Waals surface area contributed by atoms with Crippen LogP contribution in [0.25, 0.3) is 69.0 Å². The fourth-order valence-electron chi connectivity index (χ4n) is 5.97. The molecule has 8 rings (SSSR count). The van der Waals surface area contributed by atoms with Crippen molar-refractivity contribution >= 4 is 80.4 Å². The van der Waals surface area contributed by atoms with Gasteiger partial charge in [-0.1, -0.05) is 20.8 Å². The first-order valence-corrected chi connectivity index (χ1v) is 13.0. The van der Waals surface area contributed by atoms with Gasteiger partial charge in [0.15, 0.2) is 0 Å². The van der Waals surface area contributed by atoms with E-state index in [0.717, 1.165) is 15.7 Å². The van der Waals surface area contributed by atoms with Crippen LogP contribution in [0.3, 0.4) is 0 Å². The van der Waals surface area contributed by atoms with Crippen molar-refractivity contribution < 1.29 is 10.2 Å². The number of benzene rings is 5. The quantitative estimate of drug-likeness (QED) is 0.225. The van der Waals surface area contributed by atoms with E-state index in [1.165, 1.54) is 58.9 Å². The average molecular weight is 486 g/mol. The first-order valence-electron chi connectivity index (χ1n) is 12.2. The van der Waals surface area contributed by atoms with Crippen LogP contribution in [-0.4, -0.2) is 14.6 Å². The summed E-state index contributed by atoms with van der Waals surface area (Å²) in [5, 5.41) is 30.0. The highest BCUT2D eigenvalue weighted by Gasteiger charge is 2.23.